The number of phenols is 1. The number of nitriles is 1. The lowest BCUT2D eigenvalue weighted by Gasteiger charge is -2.35. The third-order valence-electron chi connectivity index (χ3n) is 6.29. The van der Waals surface area contributed by atoms with E-state index < -0.39 is 0 Å². The van der Waals surface area contributed by atoms with Crippen molar-refractivity contribution in [1.29, 1.82) is 5.26 Å². The highest BCUT2D eigenvalue weighted by Crippen LogP contribution is 2.54. The Kier molecular flexibility index (Phi) is 4.91. The summed E-state index contributed by atoms with van der Waals surface area (Å²) in [4.78, 5) is 0. The van der Waals surface area contributed by atoms with Crippen molar-refractivity contribution in [1.82, 2.24) is 0 Å². The third-order valence-corrected chi connectivity index (χ3v) is 6.29. The zero-order valence-electron chi connectivity index (χ0n) is 19.9. The lowest BCUT2D eigenvalue weighted by molar-refractivity contribution is 0.371. The van der Waals surface area contributed by atoms with E-state index in [1.807, 2.05) is 37.3 Å². The molecule has 5 heteroatoms. The zero-order valence-corrected chi connectivity index (χ0v) is 19.9. The molecule has 2 aliphatic rings. The van der Waals surface area contributed by atoms with Crippen LogP contribution < -0.4 is 14.8 Å². The van der Waals surface area contributed by atoms with Crippen LogP contribution in [0.3, 0.4) is 0 Å². The van der Waals surface area contributed by atoms with Gasteiger partial charge in [-0.3, -0.25) is 0 Å². The molecule has 0 aromatic heterocycles. The Hall–Kier alpha value is -4.17. The Labute approximate surface area is 199 Å². The summed E-state index contributed by atoms with van der Waals surface area (Å²) >= 11 is 0. The highest BCUT2D eigenvalue weighted by Gasteiger charge is 2.33. The molecule has 0 amide bonds. The second-order valence-corrected chi connectivity index (χ2v) is 9.39. The van der Waals surface area contributed by atoms with E-state index in [4.69, 9.17) is 9.47 Å². The maximum atomic E-state index is 10.5. The van der Waals surface area contributed by atoms with Crippen molar-refractivity contribution in [2.75, 3.05) is 12.4 Å². The molecule has 34 heavy (non-hydrogen) atoms. The summed E-state index contributed by atoms with van der Waals surface area (Å²) in [6.07, 6.45) is 4.13. The lowest BCUT2D eigenvalue weighted by Crippen LogP contribution is -2.32. The Bertz CT molecular complexity index is 1460. The molecule has 2 aliphatic heterocycles. The minimum absolute atomic E-state index is 0.0536. The van der Waals surface area contributed by atoms with E-state index in [0.29, 0.717) is 28.4 Å². The monoisotopic (exact) mass is 450 g/mol. The highest BCUT2D eigenvalue weighted by molar-refractivity contribution is 6.02. The number of fused-ring (bicyclic) bond motifs is 5. The maximum absolute atomic E-state index is 10.5. The molecule has 0 aliphatic carbocycles. The SMILES string of the molecule is COc1c(O)ccc2c1-c1ccc3c(c1C(=Cc1cc(C)ccc1C#N)O2)C(C)=CC(C)(C)N3. The van der Waals surface area contributed by atoms with Gasteiger partial charge in [-0.2, -0.15) is 5.26 Å². The molecule has 0 saturated carbocycles. The number of nitrogens with zero attached hydrogens (tertiary/aromatic N) is 1. The molecule has 2 N–H and O–H groups in total. The number of benzene rings is 3. The first-order valence-electron chi connectivity index (χ1n) is 11.2. The molecule has 5 nitrogen and oxygen atoms in total. The Morgan fingerprint density at radius 2 is 1.85 bits per heavy atom. The summed E-state index contributed by atoms with van der Waals surface area (Å²) in [5.41, 5.74) is 7.91. The largest absolute Gasteiger partial charge is 0.504 e. The van der Waals surface area contributed by atoms with E-state index >= 15 is 0 Å². The molecule has 0 bridgehead atoms. The van der Waals surface area contributed by atoms with Crippen molar-refractivity contribution in [2.24, 2.45) is 0 Å². The number of nitrogens with one attached hydrogen (secondary N) is 1. The number of ether oxygens (including phenoxy) is 2. The normalized spacial score (nSPS) is 16.2. The number of aromatic hydroxyl groups is 1. The van der Waals surface area contributed by atoms with Gasteiger partial charge in [0.05, 0.1) is 29.8 Å². The van der Waals surface area contributed by atoms with E-state index in [0.717, 1.165) is 39.1 Å². The van der Waals surface area contributed by atoms with Crippen molar-refractivity contribution in [3.8, 4) is 34.4 Å². The highest BCUT2D eigenvalue weighted by atomic mass is 16.5. The van der Waals surface area contributed by atoms with Crippen LogP contribution in [0.4, 0.5) is 5.69 Å². The van der Waals surface area contributed by atoms with Crippen LogP contribution in [0.15, 0.2) is 48.5 Å². The number of phenolic OH excluding ortho intramolecular Hbond substituents is 1. The second-order valence-electron chi connectivity index (χ2n) is 9.39. The summed E-state index contributed by atoms with van der Waals surface area (Å²) in [5, 5.41) is 23.8. The van der Waals surface area contributed by atoms with Gasteiger partial charge in [0.1, 0.15) is 11.5 Å². The lowest BCUT2D eigenvalue weighted by atomic mass is 9.82. The minimum Gasteiger partial charge on any atom is -0.504 e. The molecule has 0 atom stereocenters. The number of rotatable bonds is 2. The predicted molar refractivity (Wildman–Crippen MR) is 136 cm³/mol. The summed E-state index contributed by atoms with van der Waals surface area (Å²) in [6.45, 7) is 8.37. The Balaban J connectivity index is 1.86. The van der Waals surface area contributed by atoms with Crippen LogP contribution in [0, 0.1) is 18.3 Å². The van der Waals surface area contributed by atoms with Gasteiger partial charge < -0.3 is 19.9 Å². The van der Waals surface area contributed by atoms with Crippen LogP contribution in [0.5, 0.6) is 17.2 Å². The van der Waals surface area contributed by atoms with Gasteiger partial charge in [-0.15, -0.1) is 0 Å². The average Bonchev–Trinajstić information content (AvgIpc) is 2.78. The fourth-order valence-corrected chi connectivity index (χ4v) is 4.99. The van der Waals surface area contributed by atoms with Crippen molar-refractivity contribution in [3.05, 3.63) is 76.4 Å². The smallest absolute Gasteiger partial charge is 0.172 e. The van der Waals surface area contributed by atoms with E-state index in [1.165, 1.54) is 0 Å². The van der Waals surface area contributed by atoms with Crippen LogP contribution in [0.25, 0.3) is 28.5 Å². The summed E-state index contributed by atoms with van der Waals surface area (Å²) in [5.74, 6) is 1.66. The van der Waals surface area contributed by atoms with Crippen LogP contribution >= 0.6 is 0 Å². The molecular formula is C29H26N2O3. The van der Waals surface area contributed by atoms with E-state index in [9.17, 15) is 10.4 Å². The Morgan fingerprint density at radius 3 is 2.59 bits per heavy atom. The molecule has 5 rings (SSSR count). The third kappa shape index (κ3) is 3.39. The molecule has 3 aromatic rings. The van der Waals surface area contributed by atoms with Gasteiger partial charge in [-0.25, -0.2) is 0 Å². The molecule has 170 valence electrons. The van der Waals surface area contributed by atoms with Crippen molar-refractivity contribution >= 4 is 23.1 Å². The number of hydrogen-bond acceptors (Lipinski definition) is 5. The Morgan fingerprint density at radius 1 is 1.06 bits per heavy atom. The first-order chi connectivity index (χ1) is 16.2. The fraction of sp³-hybridized carbons (Fsp3) is 0.207. The first-order valence-corrected chi connectivity index (χ1v) is 11.2. The number of hydrogen-bond donors (Lipinski definition) is 2. The predicted octanol–water partition coefficient (Wildman–Crippen LogP) is 6.75. The minimum atomic E-state index is -0.191. The number of methoxy groups -OCH3 is 1. The quantitative estimate of drug-likeness (QED) is 0.452. The van der Waals surface area contributed by atoms with Gasteiger partial charge in [0.2, 0.25) is 0 Å². The van der Waals surface area contributed by atoms with E-state index in [-0.39, 0.29) is 11.3 Å². The second kappa shape index (κ2) is 7.71. The van der Waals surface area contributed by atoms with Crippen LogP contribution in [0.1, 0.15) is 48.6 Å². The molecule has 0 fully saturated rings. The van der Waals surface area contributed by atoms with Gasteiger partial charge in [0, 0.05) is 22.4 Å². The fourth-order valence-electron chi connectivity index (χ4n) is 4.99. The van der Waals surface area contributed by atoms with Crippen molar-refractivity contribution in [2.45, 2.75) is 33.2 Å². The van der Waals surface area contributed by atoms with Gasteiger partial charge in [0.25, 0.3) is 0 Å². The van der Waals surface area contributed by atoms with E-state index in [1.54, 1.807) is 19.2 Å². The van der Waals surface area contributed by atoms with Gasteiger partial charge in [0.15, 0.2) is 11.5 Å². The molecule has 0 unspecified atom stereocenters. The molecule has 0 spiro atoms. The van der Waals surface area contributed by atoms with Gasteiger partial charge in [-0.1, -0.05) is 29.8 Å². The number of allylic oxidation sites excluding steroid dienone is 1. The van der Waals surface area contributed by atoms with E-state index in [2.05, 4.69) is 44.3 Å². The molecule has 0 radical (unpaired) electrons. The number of anilines is 1. The van der Waals surface area contributed by atoms with Gasteiger partial charge in [-0.05, 0) is 69.2 Å². The summed E-state index contributed by atoms with van der Waals surface area (Å²) in [6, 6.07) is 15.5. The zero-order chi connectivity index (χ0) is 24.2. The molecule has 0 saturated heterocycles. The standard InChI is InChI=1S/C29H26N2O3/c1-16-6-7-18(15-30)19(12-16)13-24-26-20(27-23(34-24)11-10-22(32)28(27)33-5)8-9-21-25(26)17(2)14-29(3,4)31-21/h6-14,31-32H,1-5H3. The van der Waals surface area contributed by atoms with Crippen LogP contribution in [-0.4, -0.2) is 17.8 Å². The summed E-state index contributed by atoms with van der Waals surface area (Å²) in [7, 11) is 1.54. The van der Waals surface area contributed by atoms with Crippen molar-refractivity contribution in [3.63, 3.8) is 0 Å². The van der Waals surface area contributed by atoms with Crippen LogP contribution in [0.2, 0.25) is 0 Å². The average molecular weight is 451 g/mol. The van der Waals surface area contributed by atoms with Gasteiger partial charge >= 0.3 is 0 Å². The molecular weight excluding hydrogens is 424 g/mol. The summed E-state index contributed by atoms with van der Waals surface area (Å²) < 4.78 is 12.1. The topological polar surface area (TPSA) is 74.5 Å². The van der Waals surface area contributed by atoms with Crippen molar-refractivity contribution < 1.29 is 14.6 Å². The molecule has 3 aromatic carbocycles. The maximum Gasteiger partial charge on any atom is 0.172 e. The van der Waals surface area contributed by atoms with Crippen LogP contribution in [-0.2, 0) is 0 Å². The first kappa shape index (κ1) is 21.7. The molecule has 2 heterocycles. The number of aryl methyl sites for hydroxylation is 1.